The number of ether oxygens (including phenoxy) is 1. The average molecular weight is 371 g/mol. The third kappa shape index (κ3) is 3.57. The second kappa shape index (κ2) is 6.89. The molecule has 0 aromatic rings. The zero-order valence-corrected chi connectivity index (χ0v) is 15.8. The molecule has 3 heterocycles. The van der Waals surface area contributed by atoms with E-state index in [1.165, 1.54) is 0 Å². The van der Waals surface area contributed by atoms with E-state index in [9.17, 15) is 13.6 Å². The summed E-state index contributed by atoms with van der Waals surface area (Å²) < 4.78 is 32.0. The van der Waals surface area contributed by atoms with Gasteiger partial charge in [-0.2, -0.15) is 0 Å². The van der Waals surface area contributed by atoms with Gasteiger partial charge < -0.3 is 14.5 Å². The van der Waals surface area contributed by atoms with Crippen LogP contribution in [0.2, 0.25) is 0 Å². The summed E-state index contributed by atoms with van der Waals surface area (Å²) in [5, 5.41) is 0. The van der Waals surface area contributed by atoms with Gasteiger partial charge in [-0.3, -0.25) is 4.90 Å². The lowest BCUT2D eigenvalue weighted by Crippen LogP contribution is -2.56. The number of rotatable bonds is 3. The summed E-state index contributed by atoms with van der Waals surface area (Å²) in [5.41, 5.74) is 0.297. The van der Waals surface area contributed by atoms with Crippen molar-refractivity contribution in [2.75, 3.05) is 45.9 Å². The molecular weight excluding hydrogens is 340 g/mol. The fraction of sp³-hybridized carbons (Fsp3) is 0.947. The molecule has 148 valence electrons. The van der Waals surface area contributed by atoms with Crippen molar-refractivity contribution in [2.24, 2.45) is 5.41 Å². The van der Waals surface area contributed by atoms with Gasteiger partial charge in [-0.1, -0.05) is 0 Å². The minimum atomic E-state index is -2.48. The standard InChI is InChI=1S/C19H31F2N3O2/c1-2-26-17(25)24-9-5-18(13-24)11-16(12-18)22-7-3-15(4-8-22)23-10-6-19(20,21)14-23/h15-16H,2-14H2,1H3. The summed E-state index contributed by atoms with van der Waals surface area (Å²) in [7, 11) is 0. The SMILES string of the molecule is CCOC(=O)N1CCC2(CC(N3CCC(N4CCC(F)(F)C4)CC3)C2)C1. The minimum absolute atomic E-state index is 0.0231. The summed E-state index contributed by atoms with van der Waals surface area (Å²) in [4.78, 5) is 18.3. The predicted octanol–water partition coefficient (Wildman–Crippen LogP) is 2.80. The molecule has 3 saturated heterocycles. The van der Waals surface area contributed by atoms with E-state index in [1.807, 2.05) is 16.7 Å². The van der Waals surface area contributed by atoms with E-state index in [-0.39, 0.29) is 19.1 Å². The number of amides is 1. The van der Waals surface area contributed by atoms with Crippen molar-refractivity contribution in [3.8, 4) is 0 Å². The van der Waals surface area contributed by atoms with Crippen LogP contribution in [0.1, 0.15) is 45.4 Å². The predicted molar refractivity (Wildman–Crippen MR) is 94.4 cm³/mol. The summed E-state index contributed by atoms with van der Waals surface area (Å²) in [6.45, 7) is 6.48. The molecule has 0 unspecified atom stereocenters. The Morgan fingerprint density at radius 1 is 1.00 bits per heavy atom. The second-order valence-electron chi connectivity index (χ2n) is 8.78. The zero-order valence-electron chi connectivity index (χ0n) is 15.8. The van der Waals surface area contributed by atoms with Gasteiger partial charge in [-0.15, -0.1) is 0 Å². The molecule has 1 amide bonds. The van der Waals surface area contributed by atoms with Crippen LogP contribution in [0.15, 0.2) is 0 Å². The van der Waals surface area contributed by atoms with E-state index in [1.54, 1.807) is 0 Å². The molecule has 26 heavy (non-hydrogen) atoms. The number of carbonyl (C=O) groups excluding carboxylic acids is 1. The van der Waals surface area contributed by atoms with Gasteiger partial charge in [0.25, 0.3) is 5.92 Å². The molecule has 1 saturated carbocycles. The highest BCUT2D eigenvalue weighted by molar-refractivity contribution is 5.68. The number of nitrogens with zero attached hydrogens (tertiary/aromatic N) is 3. The topological polar surface area (TPSA) is 36.0 Å². The van der Waals surface area contributed by atoms with Gasteiger partial charge in [0.15, 0.2) is 0 Å². The van der Waals surface area contributed by atoms with Gasteiger partial charge in [0.1, 0.15) is 0 Å². The summed E-state index contributed by atoms with van der Waals surface area (Å²) in [5.74, 6) is -2.48. The van der Waals surface area contributed by atoms with E-state index in [2.05, 4.69) is 4.90 Å². The Bertz CT molecular complexity index is 531. The fourth-order valence-electron chi connectivity index (χ4n) is 5.53. The molecule has 0 atom stereocenters. The van der Waals surface area contributed by atoms with Crippen LogP contribution >= 0.6 is 0 Å². The fourth-order valence-corrected chi connectivity index (χ4v) is 5.53. The van der Waals surface area contributed by atoms with Crippen LogP contribution in [-0.2, 0) is 4.74 Å². The lowest BCUT2D eigenvalue weighted by Gasteiger charge is -2.52. The van der Waals surface area contributed by atoms with Crippen molar-refractivity contribution in [2.45, 2.75) is 63.5 Å². The molecule has 1 spiro atoms. The molecule has 5 nitrogen and oxygen atoms in total. The van der Waals surface area contributed by atoms with E-state index in [0.717, 1.165) is 58.3 Å². The zero-order chi connectivity index (χ0) is 18.4. The molecule has 3 aliphatic heterocycles. The van der Waals surface area contributed by atoms with Crippen molar-refractivity contribution in [3.05, 3.63) is 0 Å². The highest BCUT2D eigenvalue weighted by Gasteiger charge is 2.51. The van der Waals surface area contributed by atoms with Gasteiger partial charge >= 0.3 is 6.09 Å². The van der Waals surface area contributed by atoms with Crippen molar-refractivity contribution < 1.29 is 18.3 Å². The monoisotopic (exact) mass is 371 g/mol. The number of piperidine rings is 1. The van der Waals surface area contributed by atoms with Crippen molar-refractivity contribution in [1.82, 2.24) is 14.7 Å². The first-order valence-corrected chi connectivity index (χ1v) is 10.2. The molecular formula is C19H31F2N3O2. The van der Waals surface area contributed by atoms with Crippen LogP contribution in [-0.4, -0.2) is 84.7 Å². The number of hydrogen-bond acceptors (Lipinski definition) is 4. The number of hydrogen-bond donors (Lipinski definition) is 0. The highest BCUT2D eigenvalue weighted by Crippen LogP contribution is 2.50. The van der Waals surface area contributed by atoms with E-state index >= 15 is 0 Å². The molecule has 0 aromatic heterocycles. The molecule has 0 radical (unpaired) electrons. The van der Waals surface area contributed by atoms with E-state index in [0.29, 0.717) is 30.7 Å². The number of carbonyl (C=O) groups is 1. The van der Waals surface area contributed by atoms with Crippen molar-refractivity contribution in [1.29, 1.82) is 0 Å². The first-order valence-electron chi connectivity index (χ1n) is 10.2. The van der Waals surface area contributed by atoms with E-state index in [4.69, 9.17) is 4.74 Å². The molecule has 0 N–H and O–H groups in total. The Morgan fingerprint density at radius 2 is 1.73 bits per heavy atom. The van der Waals surface area contributed by atoms with Gasteiger partial charge in [0.05, 0.1) is 13.2 Å². The first kappa shape index (κ1) is 18.4. The number of likely N-dealkylation sites (tertiary alicyclic amines) is 3. The Morgan fingerprint density at radius 3 is 2.35 bits per heavy atom. The first-order chi connectivity index (χ1) is 12.4. The smallest absolute Gasteiger partial charge is 0.409 e. The third-order valence-corrected chi connectivity index (χ3v) is 7.03. The van der Waals surface area contributed by atoms with Crippen LogP contribution < -0.4 is 0 Å². The minimum Gasteiger partial charge on any atom is -0.450 e. The number of alkyl halides is 2. The van der Waals surface area contributed by atoms with Gasteiger partial charge in [0.2, 0.25) is 0 Å². The quantitative estimate of drug-likeness (QED) is 0.764. The van der Waals surface area contributed by atoms with E-state index < -0.39 is 5.92 Å². The number of halogens is 2. The van der Waals surface area contributed by atoms with Gasteiger partial charge in [-0.05, 0) is 57.5 Å². The summed E-state index contributed by atoms with van der Waals surface area (Å²) in [6.07, 6.45) is 5.28. The molecule has 4 rings (SSSR count). The van der Waals surface area contributed by atoms with Crippen molar-refractivity contribution >= 4 is 6.09 Å². The normalized spacial score (nSPS) is 35.8. The maximum atomic E-state index is 13.4. The maximum absolute atomic E-state index is 13.4. The van der Waals surface area contributed by atoms with Crippen molar-refractivity contribution in [3.63, 3.8) is 0 Å². The molecule has 7 heteroatoms. The summed E-state index contributed by atoms with van der Waals surface area (Å²) >= 11 is 0. The van der Waals surface area contributed by atoms with Crippen LogP contribution in [0.5, 0.6) is 0 Å². The molecule has 0 aromatic carbocycles. The molecule has 4 aliphatic rings. The van der Waals surface area contributed by atoms with Crippen LogP contribution in [0, 0.1) is 5.41 Å². The third-order valence-electron chi connectivity index (χ3n) is 7.03. The Balaban J connectivity index is 1.21. The van der Waals surface area contributed by atoms with Gasteiger partial charge in [0, 0.05) is 38.1 Å². The Kier molecular flexibility index (Phi) is 4.88. The lowest BCUT2D eigenvalue weighted by molar-refractivity contribution is -0.0225. The van der Waals surface area contributed by atoms with Crippen LogP contribution in [0.4, 0.5) is 13.6 Å². The Hall–Kier alpha value is -0.950. The summed E-state index contributed by atoms with van der Waals surface area (Å²) in [6, 6.07) is 0.942. The second-order valence-corrected chi connectivity index (χ2v) is 8.78. The molecule has 4 fully saturated rings. The molecule has 1 aliphatic carbocycles. The molecule has 0 bridgehead atoms. The van der Waals surface area contributed by atoms with Gasteiger partial charge in [-0.25, -0.2) is 13.6 Å². The maximum Gasteiger partial charge on any atom is 0.409 e. The van der Waals surface area contributed by atoms with Crippen LogP contribution in [0.3, 0.4) is 0 Å². The average Bonchev–Trinajstić information content (AvgIpc) is 3.18. The highest BCUT2D eigenvalue weighted by atomic mass is 19.3. The van der Waals surface area contributed by atoms with Crippen LogP contribution in [0.25, 0.3) is 0 Å². The lowest BCUT2D eigenvalue weighted by atomic mass is 9.64. The Labute approximate surface area is 154 Å². The largest absolute Gasteiger partial charge is 0.450 e.